The number of carbonyl (C=O) groups excluding carboxylic acids is 1. The number of hydrogen-bond acceptors (Lipinski definition) is 4. The highest BCUT2D eigenvalue weighted by Crippen LogP contribution is 2.38. The van der Waals surface area contributed by atoms with Crippen molar-refractivity contribution in [3.05, 3.63) is 58.7 Å². The highest BCUT2D eigenvalue weighted by Gasteiger charge is 2.21. The second-order valence-corrected chi connectivity index (χ2v) is 6.58. The molecule has 0 aliphatic heterocycles. The zero-order valence-corrected chi connectivity index (χ0v) is 16.8. The van der Waals surface area contributed by atoms with Crippen LogP contribution in [0.25, 0.3) is 11.3 Å². The number of aryl methyl sites for hydroxylation is 1. The lowest BCUT2D eigenvalue weighted by Crippen LogP contribution is -2.14. The van der Waals surface area contributed by atoms with Crippen LogP contribution in [0, 0.1) is 0 Å². The molecule has 0 unspecified atom stereocenters. The second-order valence-electron chi connectivity index (χ2n) is 6.18. The maximum atomic E-state index is 12.8. The average Bonchev–Trinajstić information content (AvgIpc) is 3.10. The van der Waals surface area contributed by atoms with Crippen LogP contribution in [0.15, 0.2) is 42.5 Å². The van der Waals surface area contributed by atoms with Gasteiger partial charge in [0.25, 0.3) is 5.91 Å². The number of hydrogen-bond donors (Lipinski definition) is 2. The fourth-order valence-corrected chi connectivity index (χ4v) is 3.18. The number of anilines is 1. The van der Waals surface area contributed by atoms with E-state index in [-0.39, 0.29) is 5.91 Å². The molecule has 3 rings (SSSR count). The number of nitrogens with one attached hydrogen (secondary N) is 2. The molecule has 1 amide bonds. The molecular weight excluding hydrogens is 378 g/mol. The van der Waals surface area contributed by atoms with Gasteiger partial charge >= 0.3 is 0 Å². The van der Waals surface area contributed by atoms with Crippen molar-refractivity contribution in [3.8, 4) is 22.8 Å². The minimum atomic E-state index is -0.293. The van der Waals surface area contributed by atoms with Gasteiger partial charge in [0.05, 0.1) is 36.2 Å². The van der Waals surface area contributed by atoms with Crippen LogP contribution in [-0.4, -0.2) is 30.3 Å². The number of amides is 1. The molecule has 0 saturated carbocycles. The summed E-state index contributed by atoms with van der Waals surface area (Å²) in [6, 6.07) is 12.4. The van der Waals surface area contributed by atoms with Gasteiger partial charge in [-0.3, -0.25) is 9.89 Å². The van der Waals surface area contributed by atoms with Crippen LogP contribution in [0.5, 0.6) is 11.5 Å². The Kier molecular flexibility index (Phi) is 6.21. The minimum absolute atomic E-state index is 0.293. The summed E-state index contributed by atoms with van der Waals surface area (Å²) in [5, 5.41) is 10.9. The average molecular weight is 400 g/mol. The van der Waals surface area contributed by atoms with Gasteiger partial charge in [0, 0.05) is 11.6 Å². The monoisotopic (exact) mass is 399 g/mol. The van der Waals surface area contributed by atoms with Crippen molar-refractivity contribution in [1.82, 2.24) is 10.2 Å². The lowest BCUT2D eigenvalue weighted by Gasteiger charge is -2.12. The van der Waals surface area contributed by atoms with Crippen molar-refractivity contribution in [3.63, 3.8) is 0 Å². The molecule has 28 heavy (non-hydrogen) atoms. The Morgan fingerprint density at radius 3 is 2.64 bits per heavy atom. The topological polar surface area (TPSA) is 76.2 Å². The molecular formula is C21H22ClN3O3. The summed E-state index contributed by atoms with van der Waals surface area (Å²) in [7, 11) is 3.18. The summed E-state index contributed by atoms with van der Waals surface area (Å²) in [6.07, 6.45) is 1.64. The molecule has 0 aliphatic carbocycles. The molecule has 0 atom stereocenters. The Bertz CT molecular complexity index is 985. The third-order valence-electron chi connectivity index (χ3n) is 4.36. The molecule has 0 bridgehead atoms. The van der Waals surface area contributed by atoms with Crippen LogP contribution in [0.2, 0.25) is 5.02 Å². The molecule has 6 nitrogen and oxygen atoms in total. The van der Waals surface area contributed by atoms with Crippen LogP contribution in [0.1, 0.15) is 29.4 Å². The Hall–Kier alpha value is -2.99. The van der Waals surface area contributed by atoms with Gasteiger partial charge in [-0.15, -0.1) is 0 Å². The van der Waals surface area contributed by atoms with E-state index in [1.54, 1.807) is 44.6 Å². The summed E-state index contributed by atoms with van der Waals surface area (Å²) >= 11 is 6.18. The first-order valence-electron chi connectivity index (χ1n) is 8.94. The molecule has 0 spiro atoms. The van der Waals surface area contributed by atoms with Gasteiger partial charge < -0.3 is 14.8 Å². The van der Waals surface area contributed by atoms with Gasteiger partial charge in [-0.05, 0) is 30.7 Å². The Morgan fingerprint density at radius 2 is 1.96 bits per heavy atom. The summed E-state index contributed by atoms with van der Waals surface area (Å²) < 4.78 is 10.8. The van der Waals surface area contributed by atoms with Gasteiger partial charge in [0.2, 0.25) is 0 Å². The fraction of sp³-hybridized carbons (Fsp3) is 0.238. The van der Waals surface area contributed by atoms with E-state index in [0.29, 0.717) is 33.5 Å². The molecule has 0 fully saturated rings. The van der Waals surface area contributed by atoms with Gasteiger partial charge in [-0.2, -0.15) is 5.10 Å². The second kappa shape index (κ2) is 8.80. The smallest absolute Gasteiger partial charge is 0.257 e. The summed E-state index contributed by atoms with van der Waals surface area (Å²) in [6.45, 7) is 2.06. The number of aromatic amines is 1. The third-order valence-corrected chi connectivity index (χ3v) is 4.69. The standard InChI is InChI=1S/C21H22ClN3O3/c1-4-7-17-20(23-21(26)14-8-5-6-9-16(14)22)19(25-24-17)15-11-10-13(27-2)12-18(15)28-3/h5-6,8-12H,4,7H2,1-3H3,(H,23,26)(H,24,25). The van der Waals surface area contributed by atoms with E-state index in [4.69, 9.17) is 21.1 Å². The van der Waals surface area contributed by atoms with Gasteiger partial charge in [-0.25, -0.2) is 0 Å². The van der Waals surface area contributed by atoms with Crippen LogP contribution in [0.3, 0.4) is 0 Å². The lowest BCUT2D eigenvalue weighted by atomic mass is 10.1. The first kappa shape index (κ1) is 19.8. The van der Waals surface area contributed by atoms with E-state index in [1.165, 1.54) is 0 Å². The number of carbonyl (C=O) groups is 1. The summed E-state index contributed by atoms with van der Waals surface area (Å²) in [5.41, 5.74) is 3.21. The van der Waals surface area contributed by atoms with Crippen molar-refractivity contribution < 1.29 is 14.3 Å². The molecule has 146 valence electrons. The van der Waals surface area contributed by atoms with Gasteiger partial charge in [-0.1, -0.05) is 37.1 Å². The number of H-pyrrole nitrogens is 1. The Morgan fingerprint density at radius 1 is 1.18 bits per heavy atom. The third kappa shape index (κ3) is 3.97. The normalized spacial score (nSPS) is 10.6. The highest BCUT2D eigenvalue weighted by molar-refractivity contribution is 6.34. The largest absolute Gasteiger partial charge is 0.497 e. The number of benzene rings is 2. The molecule has 2 N–H and O–H groups in total. The highest BCUT2D eigenvalue weighted by atomic mass is 35.5. The van der Waals surface area contributed by atoms with E-state index in [1.807, 2.05) is 12.1 Å². The van der Waals surface area contributed by atoms with E-state index in [2.05, 4.69) is 22.4 Å². The van der Waals surface area contributed by atoms with Crippen LogP contribution < -0.4 is 14.8 Å². The molecule has 1 aromatic heterocycles. The van der Waals surface area contributed by atoms with Crippen LogP contribution in [-0.2, 0) is 6.42 Å². The molecule has 0 aliphatic rings. The molecule has 3 aromatic rings. The quantitative estimate of drug-likeness (QED) is 0.589. The molecule has 2 aromatic carbocycles. The number of rotatable bonds is 7. The Balaban J connectivity index is 2.05. The van der Waals surface area contributed by atoms with Gasteiger partial charge in [0.15, 0.2) is 0 Å². The van der Waals surface area contributed by atoms with E-state index >= 15 is 0 Å². The van der Waals surface area contributed by atoms with Crippen molar-refractivity contribution >= 4 is 23.2 Å². The zero-order valence-electron chi connectivity index (χ0n) is 16.0. The lowest BCUT2D eigenvalue weighted by molar-refractivity contribution is 0.102. The van der Waals surface area contributed by atoms with Crippen molar-refractivity contribution in [2.75, 3.05) is 19.5 Å². The first-order chi connectivity index (χ1) is 13.6. The van der Waals surface area contributed by atoms with E-state index in [9.17, 15) is 4.79 Å². The fourth-order valence-electron chi connectivity index (χ4n) is 2.96. The van der Waals surface area contributed by atoms with E-state index < -0.39 is 0 Å². The summed E-state index contributed by atoms with van der Waals surface area (Å²) in [5.74, 6) is 0.979. The minimum Gasteiger partial charge on any atom is -0.497 e. The zero-order chi connectivity index (χ0) is 20.1. The number of halogens is 1. The maximum absolute atomic E-state index is 12.8. The van der Waals surface area contributed by atoms with Crippen LogP contribution in [0.4, 0.5) is 5.69 Å². The SMILES string of the molecule is CCCc1[nH]nc(-c2ccc(OC)cc2OC)c1NC(=O)c1ccccc1Cl. The first-order valence-corrected chi connectivity index (χ1v) is 9.32. The maximum Gasteiger partial charge on any atom is 0.257 e. The Labute approximate surface area is 168 Å². The number of nitrogens with zero attached hydrogens (tertiary/aromatic N) is 1. The van der Waals surface area contributed by atoms with Crippen molar-refractivity contribution in [2.45, 2.75) is 19.8 Å². The van der Waals surface area contributed by atoms with E-state index in [0.717, 1.165) is 24.1 Å². The number of aromatic nitrogens is 2. The number of ether oxygens (including phenoxy) is 2. The van der Waals surface area contributed by atoms with Crippen molar-refractivity contribution in [1.29, 1.82) is 0 Å². The molecule has 0 saturated heterocycles. The predicted molar refractivity (Wildman–Crippen MR) is 111 cm³/mol. The molecule has 1 heterocycles. The molecule has 7 heteroatoms. The van der Waals surface area contributed by atoms with Crippen molar-refractivity contribution in [2.24, 2.45) is 0 Å². The summed E-state index contributed by atoms with van der Waals surface area (Å²) in [4.78, 5) is 12.8. The molecule has 0 radical (unpaired) electrons. The number of methoxy groups -OCH3 is 2. The van der Waals surface area contributed by atoms with Gasteiger partial charge in [0.1, 0.15) is 17.2 Å². The predicted octanol–water partition coefficient (Wildman–Crippen LogP) is 4.95. The van der Waals surface area contributed by atoms with Crippen LogP contribution >= 0.6 is 11.6 Å².